The van der Waals surface area contributed by atoms with Crippen LogP contribution in [-0.2, 0) is 0 Å². The SMILES string of the molecule is CN(CC1CC2CCC1C2)C1CC1. The maximum Gasteiger partial charge on any atom is 0.00934 e. The number of rotatable bonds is 3. The van der Waals surface area contributed by atoms with Gasteiger partial charge in [-0.15, -0.1) is 0 Å². The van der Waals surface area contributed by atoms with Gasteiger partial charge in [-0.2, -0.15) is 0 Å². The molecule has 3 rings (SSSR count). The summed E-state index contributed by atoms with van der Waals surface area (Å²) in [7, 11) is 2.34. The normalized spacial score (nSPS) is 43.4. The van der Waals surface area contributed by atoms with Crippen LogP contribution in [0.2, 0.25) is 0 Å². The van der Waals surface area contributed by atoms with Gasteiger partial charge in [0.25, 0.3) is 0 Å². The van der Waals surface area contributed by atoms with Crippen LogP contribution < -0.4 is 0 Å². The Morgan fingerprint density at radius 3 is 2.46 bits per heavy atom. The molecule has 3 aliphatic rings. The van der Waals surface area contributed by atoms with Gasteiger partial charge >= 0.3 is 0 Å². The minimum atomic E-state index is 0.971. The Morgan fingerprint density at radius 1 is 1.08 bits per heavy atom. The van der Waals surface area contributed by atoms with Crippen molar-refractivity contribution >= 4 is 0 Å². The largest absolute Gasteiger partial charge is 0.303 e. The zero-order valence-electron chi connectivity index (χ0n) is 8.71. The Bertz CT molecular complexity index is 197. The zero-order valence-corrected chi connectivity index (χ0v) is 8.71. The Morgan fingerprint density at radius 2 is 1.92 bits per heavy atom. The van der Waals surface area contributed by atoms with Crippen molar-refractivity contribution in [2.75, 3.05) is 13.6 Å². The fourth-order valence-corrected chi connectivity index (χ4v) is 3.63. The van der Waals surface area contributed by atoms with Crippen LogP contribution in [0.1, 0.15) is 38.5 Å². The van der Waals surface area contributed by atoms with E-state index in [9.17, 15) is 0 Å². The van der Waals surface area contributed by atoms with Gasteiger partial charge in [-0.3, -0.25) is 0 Å². The Balaban J connectivity index is 1.55. The van der Waals surface area contributed by atoms with Crippen LogP contribution in [0.15, 0.2) is 0 Å². The summed E-state index contributed by atoms with van der Waals surface area (Å²) in [5.74, 6) is 3.32. The first-order chi connectivity index (χ1) is 6.33. The van der Waals surface area contributed by atoms with E-state index in [-0.39, 0.29) is 0 Å². The summed E-state index contributed by atoms with van der Waals surface area (Å²) < 4.78 is 0. The number of fused-ring (bicyclic) bond motifs is 2. The summed E-state index contributed by atoms with van der Waals surface area (Å²) in [4.78, 5) is 2.63. The molecule has 3 saturated carbocycles. The van der Waals surface area contributed by atoms with E-state index in [2.05, 4.69) is 11.9 Å². The highest BCUT2D eigenvalue weighted by Crippen LogP contribution is 2.48. The second-order valence-corrected chi connectivity index (χ2v) is 5.61. The van der Waals surface area contributed by atoms with Gasteiger partial charge in [0.15, 0.2) is 0 Å². The van der Waals surface area contributed by atoms with E-state index >= 15 is 0 Å². The van der Waals surface area contributed by atoms with Crippen LogP contribution in [0, 0.1) is 17.8 Å². The molecule has 0 radical (unpaired) electrons. The smallest absolute Gasteiger partial charge is 0.00934 e. The molecule has 0 amide bonds. The van der Waals surface area contributed by atoms with Crippen molar-refractivity contribution in [1.82, 2.24) is 4.90 Å². The maximum absolute atomic E-state index is 2.63. The molecule has 3 atom stereocenters. The Labute approximate surface area is 81.5 Å². The molecule has 74 valence electrons. The lowest BCUT2D eigenvalue weighted by atomic mass is 9.88. The van der Waals surface area contributed by atoms with Crippen LogP contribution in [0.3, 0.4) is 0 Å². The standard InChI is InChI=1S/C12H21N/c1-13(12-4-5-12)8-11-7-9-2-3-10(11)6-9/h9-12H,2-8H2,1H3. The third kappa shape index (κ3) is 1.52. The molecule has 0 aromatic heterocycles. The van der Waals surface area contributed by atoms with E-state index in [0.29, 0.717) is 0 Å². The van der Waals surface area contributed by atoms with Crippen LogP contribution >= 0.6 is 0 Å². The second kappa shape index (κ2) is 2.98. The van der Waals surface area contributed by atoms with Crippen molar-refractivity contribution in [2.24, 2.45) is 17.8 Å². The van der Waals surface area contributed by atoms with Crippen molar-refractivity contribution in [3.05, 3.63) is 0 Å². The number of nitrogens with zero attached hydrogens (tertiary/aromatic N) is 1. The minimum Gasteiger partial charge on any atom is -0.303 e. The summed E-state index contributed by atoms with van der Waals surface area (Å²) in [6.07, 6.45) is 9.17. The minimum absolute atomic E-state index is 0.971. The molecule has 3 fully saturated rings. The van der Waals surface area contributed by atoms with Crippen LogP contribution in [0.25, 0.3) is 0 Å². The first-order valence-corrected chi connectivity index (χ1v) is 6.03. The summed E-state index contributed by atoms with van der Waals surface area (Å²) in [6, 6.07) is 0.971. The van der Waals surface area contributed by atoms with Gasteiger partial charge in [-0.25, -0.2) is 0 Å². The van der Waals surface area contributed by atoms with Crippen molar-refractivity contribution in [2.45, 2.75) is 44.6 Å². The summed E-state index contributed by atoms with van der Waals surface area (Å²) in [5, 5.41) is 0. The Hall–Kier alpha value is -0.0400. The first-order valence-electron chi connectivity index (χ1n) is 6.03. The molecule has 0 spiro atoms. The fourth-order valence-electron chi connectivity index (χ4n) is 3.63. The zero-order chi connectivity index (χ0) is 8.84. The summed E-state index contributed by atoms with van der Waals surface area (Å²) >= 11 is 0. The molecule has 0 aromatic rings. The molecule has 0 aromatic carbocycles. The maximum atomic E-state index is 2.63. The van der Waals surface area contributed by atoms with Gasteiger partial charge in [0.2, 0.25) is 0 Å². The fraction of sp³-hybridized carbons (Fsp3) is 1.00. The predicted molar refractivity (Wildman–Crippen MR) is 54.6 cm³/mol. The van der Waals surface area contributed by atoms with Gasteiger partial charge in [0, 0.05) is 12.6 Å². The highest BCUT2D eigenvalue weighted by atomic mass is 15.2. The van der Waals surface area contributed by atoms with Crippen LogP contribution in [-0.4, -0.2) is 24.5 Å². The van der Waals surface area contributed by atoms with Crippen LogP contribution in [0.4, 0.5) is 0 Å². The lowest BCUT2D eigenvalue weighted by Crippen LogP contribution is -2.30. The molecule has 0 heterocycles. The molecule has 0 aliphatic heterocycles. The van der Waals surface area contributed by atoms with E-state index in [4.69, 9.17) is 0 Å². The quantitative estimate of drug-likeness (QED) is 0.643. The molecule has 1 nitrogen and oxygen atoms in total. The highest BCUT2D eigenvalue weighted by Gasteiger charge is 2.40. The molecular weight excluding hydrogens is 158 g/mol. The second-order valence-electron chi connectivity index (χ2n) is 5.61. The average Bonchev–Trinajstić information content (AvgIpc) is 2.79. The van der Waals surface area contributed by atoms with Crippen molar-refractivity contribution < 1.29 is 0 Å². The van der Waals surface area contributed by atoms with Gasteiger partial charge in [0.1, 0.15) is 0 Å². The molecule has 13 heavy (non-hydrogen) atoms. The predicted octanol–water partition coefficient (Wildman–Crippen LogP) is 2.52. The highest BCUT2D eigenvalue weighted by molar-refractivity contribution is 4.93. The monoisotopic (exact) mass is 179 g/mol. The topological polar surface area (TPSA) is 3.24 Å². The first kappa shape index (κ1) is 8.28. The molecule has 0 saturated heterocycles. The van der Waals surface area contributed by atoms with Crippen molar-refractivity contribution in [1.29, 1.82) is 0 Å². The molecule has 3 aliphatic carbocycles. The molecule has 3 unspecified atom stereocenters. The average molecular weight is 179 g/mol. The van der Waals surface area contributed by atoms with Gasteiger partial charge < -0.3 is 4.90 Å². The molecule has 0 N–H and O–H groups in total. The van der Waals surface area contributed by atoms with E-state index in [0.717, 1.165) is 23.8 Å². The van der Waals surface area contributed by atoms with E-state index in [1.807, 2.05) is 0 Å². The summed E-state index contributed by atoms with van der Waals surface area (Å²) in [6.45, 7) is 1.41. The third-order valence-corrected chi connectivity index (χ3v) is 4.58. The van der Waals surface area contributed by atoms with E-state index in [1.165, 1.54) is 19.4 Å². The molecular formula is C12H21N. The Kier molecular flexibility index (Phi) is 1.90. The molecule has 1 heteroatoms. The van der Waals surface area contributed by atoms with Crippen molar-refractivity contribution in [3.63, 3.8) is 0 Å². The van der Waals surface area contributed by atoms with Crippen LogP contribution in [0.5, 0.6) is 0 Å². The summed E-state index contributed by atoms with van der Waals surface area (Å²) in [5.41, 5.74) is 0. The number of hydrogen-bond donors (Lipinski definition) is 0. The van der Waals surface area contributed by atoms with Gasteiger partial charge in [-0.1, -0.05) is 6.42 Å². The lowest BCUT2D eigenvalue weighted by molar-refractivity contribution is 0.213. The van der Waals surface area contributed by atoms with E-state index < -0.39 is 0 Å². The van der Waals surface area contributed by atoms with Gasteiger partial charge in [0.05, 0.1) is 0 Å². The van der Waals surface area contributed by atoms with Gasteiger partial charge in [-0.05, 0) is 56.9 Å². The number of hydrogen-bond acceptors (Lipinski definition) is 1. The lowest BCUT2D eigenvalue weighted by Gasteiger charge is -2.27. The van der Waals surface area contributed by atoms with E-state index in [1.54, 1.807) is 25.7 Å². The molecule has 2 bridgehead atoms. The van der Waals surface area contributed by atoms with Crippen molar-refractivity contribution in [3.8, 4) is 0 Å². The third-order valence-electron chi connectivity index (χ3n) is 4.58.